The molecule has 0 heterocycles. The summed E-state index contributed by atoms with van der Waals surface area (Å²) in [6, 6.07) is 0. The highest BCUT2D eigenvalue weighted by Gasteiger charge is 2.24. The van der Waals surface area contributed by atoms with E-state index in [-0.39, 0.29) is 5.78 Å². The first-order valence-electron chi connectivity index (χ1n) is 15.5. The lowest BCUT2D eigenvalue weighted by Crippen LogP contribution is -2.23. The largest absolute Gasteiger partial charge is 0.481 e. The number of hydrogen-bond acceptors (Lipinski definition) is 2. The highest BCUT2D eigenvalue weighted by atomic mass is 16.4. The van der Waals surface area contributed by atoms with Gasteiger partial charge in [-0.3, -0.25) is 9.59 Å². The average Bonchev–Trinajstić information content (AvgIpc) is 2.84. The van der Waals surface area contributed by atoms with E-state index in [0.717, 1.165) is 44.9 Å². The van der Waals surface area contributed by atoms with Crippen LogP contribution in [-0.4, -0.2) is 16.9 Å². The zero-order chi connectivity index (χ0) is 25.8. The number of rotatable bonds is 28. The van der Waals surface area contributed by atoms with Gasteiger partial charge in [-0.15, -0.1) is 0 Å². The number of allylic oxidation sites excluding steroid dienone is 2. The highest BCUT2D eigenvalue weighted by Crippen LogP contribution is 2.18. The van der Waals surface area contributed by atoms with Crippen molar-refractivity contribution in [1.29, 1.82) is 0 Å². The van der Waals surface area contributed by atoms with Crippen molar-refractivity contribution in [2.45, 2.75) is 174 Å². The number of carboxylic acid groups (broad SMARTS) is 1. The van der Waals surface area contributed by atoms with E-state index in [1.54, 1.807) is 0 Å². The van der Waals surface area contributed by atoms with Crippen molar-refractivity contribution in [2.75, 3.05) is 0 Å². The lowest BCUT2D eigenvalue weighted by Gasteiger charge is -2.11. The highest BCUT2D eigenvalue weighted by molar-refractivity contribution is 5.98. The number of carbonyl (C=O) groups excluding carboxylic acids is 1. The van der Waals surface area contributed by atoms with Crippen LogP contribution in [0.4, 0.5) is 0 Å². The molecule has 0 aliphatic heterocycles. The minimum atomic E-state index is -0.921. The van der Waals surface area contributed by atoms with Crippen molar-refractivity contribution in [2.24, 2.45) is 5.92 Å². The number of carboxylic acids is 1. The van der Waals surface area contributed by atoms with Gasteiger partial charge < -0.3 is 5.11 Å². The Morgan fingerprint density at radius 3 is 1.37 bits per heavy atom. The molecule has 3 heteroatoms. The zero-order valence-corrected chi connectivity index (χ0v) is 23.7. The standard InChI is InChI=1S/C32H60O3/c1-3-5-7-9-11-13-15-17-19-21-23-25-27-29-31(33)30(32(34)35)28-26-24-22-20-18-16-14-12-10-8-6-4-2/h14,16,30H,3-13,15,17-29H2,1-2H3,(H,34,35)/b16-14-. The Kier molecular flexibility index (Phi) is 26.6. The van der Waals surface area contributed by atoms with Crippen molar-refractivity contribution in [3.05, 3.63) is 12.2 Å². The van der Waals surface area contributed by atoms with Gasteiger partial charge in [0.1, 0.15) is 11.7 Å². The second-order valence-corrected chi connectivity index (χ2v) is 10.7. The summed E-state index contributed by atoms with van der Waals surface area (Å²) >= 11 is 0. The predicted octanol–water partition coefficient (Wildman–Crippen LogP) is 10.6. The van der Waals surface area contributed by atoms with Gasteiger partial charge in [-0.25, -0.2) is 0 Å². The van der Waals surface area contributed by atoms with Crippen LogP contribution in [0.2, 0.25) is 0 Å². The Morgan fingerprint density at radius 2 is 0.914 bits per heavy atom. The van der Waals surface area contributed by atoms with Crippen molar-refractivity contribution < 1.29 is 14.7 Å². The normalized spacial score (nSPS) is 12.4. The molecule has 35 heavy (non-hydrogen) atoms. The minimum Gasteiger partial charge on any atom is -0.481 e. The third-order valence-corrected chi connectivity index (χ3v) is 7.22. The Morgan fingerprint density at radius 1 is 0.543 bits per heavy atom. The lowest BCUT2D eigenvalue weighted by molar-refractivity contribution is -0.146. The summed E-state index contributed by atoms with van der Waals surface area (Å²) in [7, 11) is 0. The molecule has 3 nitrogen and oxygen atoms in total. The summed E-state index contributed by atoms with van der Waals surface area (Å²) in [6.07, 6.45) is 33.9. The fraction of sp³-hybridized carbons (Fsp3) is 0.875. The smallest absolute Gasteiger partial charge is 0.314 e. The Labute approximate surface area is 218 Å². The molecular weight excluding hydrogens is 432 g/mol. The molecule has 0 aromatic heterocycles. The molecule has 0 fully saturated rings. The van der Waals surface area contributed by atoms with Gasteiger partial charge >= 0.3 is 5.97 Å². The van der Waals surface area contributed by atoms with Crippen LogP contribution < -0.4 is 0 Å². The maximum absolute atomic E-state index is 12.4. The van der Waals surface area contributed by atoms with Gasteiger partial charge in [0.05, 0.1) is 0 Å². The minimum absolute atomic E-state index is 0.0495. The van der Waals surface area contributed by atoms with Crippen LogP contribution in [0.5, 0.6) is 0 Å². The van der Waals surface area contributed by atoms with Crippen LogP contribution in [0.1, 0.15) is 174 Å². The van der Waals surface area contributed by atoms with Gasteiger partial charge in [0, 0.05) is 6.42 Å². The molecule has 206 valence electrons. The molecule has 0 amide bonds. The summed E-state index contributed by atoms with van der Waals surface area (Å²) in [5.41, 5.74) is 0. The summed E-state index contributed by atoms with van der Waals surface area (Å²) in [4.78, 5) is 24.0. The van der Waals surface area contributed by atoms with Crippen molar-refractivity contribution in [3.63, 3.8) is 0 Å². The van der Waals surface area contributed by atoms with E-state index in [4.69, 9.17) is 0 Å². The van der Waals surface area contributed by atoms with Gasteiger partial charge in [0.25, 0.3) is 0 Å². The number of Topliss-reactive ketones (excluding diaryl/α,β-unsaturated/α-hetero) is 1. The third-order valence-electron chi connectivity index (χ3n) is 7.22. The topological polar surface area (TPSA) is 54.4 Å². The van der Waals surface area contributed by atoms with Gasteiger partial charge in [0.15, 0.2) is 0 Å². The van der Waals surface area contributed by atoms with Crippen LogP contribution in [0.15, 0.2) is 12.2 Å². The van der Waals surface area contributed by atoms with Crippen LogP contribution in [0.3, 0.4) is 0 Å². The van der Waals surface area contributed by atoms with E-state index < -0.39 is 11.9 Å². The zero-order valence-electron chi connectivity index (χ0n) is 23.7. The molecule has 1 atom stereocenters. The van der Waals surface area contributed by atoms with Crippen molar-refractivity contribution in [3.8, 4) is 0 Å². The maximum Gasteiger partial charge on any atom is 0.314 e. The number of aliphatic carboxylic acids is 1. The molecule has 1 N–H and O–H groups in total. The third kappa shape index (κ3) is 24.4. The summed E-state index contributed by atoms with van der Waals surface area (Å²) < 4.78 is 0. The summed E-state index contributed by atoms with van der Waals surface area (Å²) in [6.45, 7) is 4.50. The number of unbranched alkanes of at least 4 members (excludes halogenated alkanes) is 20. The van der Waals surface area contributed by atoms with E-state index in [0.29, 0.717) is 12.8 Å². The second-order valence-electron chi connectivity index (χ2n) is 10.7. The Bertz CT molecular complexity index is 497. The summed E-state index contributed by atoms with van der Waals surface area (Å²) in [5.74, 6) is -1.75. The van der Waals surface area contributed by atoms with Gasteiger partial charge in [-0.2, -0.15) is 0 Å². The molecule has 0 aliphatic rings. The monoisotopic (exact) mass is 492 g/mol. The quantitative estimate of drug-likeness (QED) is 0.0671. The fourth-order valence-corrected chi connectivity index (χ4v) is 4.80. The van der Waals surface area contributed by atoms with E-state index in [1.165, 1.54) is 103 Å². The molecule has 0 spiro atoms. The molecule has 0 rings (SSSR count). The molecule has 0 saturated heterocycles. The van der Waals surface area contributed by atoms with Crippen LogP contribution in [0.25, 0.3) is 0 Å². The van der Waals surface area contributed by atoms with Crippen molar-refractivity contribution in [1.82, 2.24) is 0 Å². The molecule has 0 bridgehead atoms. The molecule has 0 aromatic carbocycles. The molecule has 0 radical (unpaired) electrons. The molecule has 1 unspecified atom stereocenters. The average molecular weight is 493 g/mol. The molecule has 0 aliphatic carbocycles. The van der Waals surface area contributed by atoms with E-state index in [9.17, 15) is 14.7 Å². The first-order valence-corrected chi connectivity index (χ1v) is 15.5. The maximum atomic E-state index is 12.4. The Balaban J connectivity index is 3.63. The molecule has 0 aromatic rings. The van der Waals surface area contributed by atoms with Gasteiger partial charge in [-0.1, -0.05) is 142 Å². The first kappa shape index (κ1) is 33.9. The number of hydrogen-bond donors (Lipinski definition) is 1. The SMILES string of the molecule is CCCCCC/C=C\CCCCCCC(C(=O)O)C(=O)CCCCCCCCCCCCCCC. The molecular formula is C32H60O3. The van der Waals surface area contributed by atoms with E-state index in [2.05, 4.69) is 26.0 Å². The van der Waals surface area contributed by atoms with Crippen LogP contribution >= 0.6 is 0 Å². The number of ketones is 1. The predicted molar refractivity (Wildman–Crippen MR) is 152 cm³/mol. The van der Waals surface area contributed by atoms with Crippen molar-refractivity contribution >= 4 is 11.8 Å². The van der Waals surface area contributed by atoms with Crippen LogP contribution in [0, 0.1) is 5.92 Å². The first-order chi connectivity index (χ1) is 17.1. The Hall–Kier alpha value is -1.12. The molecule has 0 saturated carbocycles. The fourth-order valence-electron chi connectivity index (χ4n) is 4.80. The lowest BCUT2D eigenvalue weighted by atomic mass is 9.93. The summed E-state index contributed by atoms with van der Waals surface area (Å²) in [5, 5.41) is 9.49. The van der Waals surface area contributed by atoms with Crippen LogP contribution in [-0.2, 0) is 9.59 Å². The second kappa shape index (κ2) is 27.5. The van der Waals surface area contributed by atoms with Gasteiger partial charge in [0.2, 0.25) is 0 Å². The van der Waals surface area contributed by atoms with Gasteiger partial charge in [-0.05, 0) is 38.5 Å². The number of carbonyl (C=O) groups is 2. The van der Waals surface area contributed by atoms with E-state index in [1.807, 2.05) is 0 Å². The van der Waals surface area contributed by atoms with E-state index >= 15 is 0 Å².